The maximum Gasteiger partial charge on any atom is 0.303 e. The van der Waals surface area contributed by atoms with Crippen molar-refractivity contribution in [2.75, 3.05) is 0 Å². The summed E-state index contributed by atoms with van der Waals surface area (Å²) in [5, 5.41) is 10.7. The summed E-state index contributed by atoms with van der Waals surface area (Å²) >= 11 is 42.5. The van der Waals surface area contributed by atoms with Crippen LogP contribution in [0.25, 0.3) is 11.4 Å². The number of aryl methyl sites for hydroxylation is 1. The Balaban J connectivity index is 2.54. The van der Waals surface area contributed by atoms with E-state index in [-0.39, 0.29) is 35.3 Å². The third-order valence-electron chi connectivity index (χ3n) is 2.75. The molecule has 0 bridgehead atoms. The molecule has 0 amide bonds. The zero-order valence-electron chi connectivity index (χ0n) is 11.7. The van der Waals surface area contributed by atoms with E-state index in [4.69, 9.17) is 86.3 Å². The van der Waals surface area contributed by atoms with Crippen molar-refractivity contribution in [3.05, 3.63) is 26.9 Å². The molecule has 5 nitrogen and oxygen atoms in total. The van der Waals surface area contributed by atoms with E-state index in [2.05, 4.69) is 15.0 Å². The second-order valence-corrected chi connectivity index (χ2v) is 10.5. The Morgan fingerprint density at radius 1 is 1.04 bits per heavy atom. The molecule has 0 aliphatic heterocycles. The fraction of sp³-hybridized carbons (Fsp3) is 0.333. The van der Waals surface area contributed by atoms with Crippen LogP contribution in [0.4, 0.5) is 0 Å². The van der Waals surface area contributed by atoms with Gasteiger partial charge in [0, 0.05) is 15.8 Å². The first kappa shape index (κ1) is 21.5. The van der Waals surface area contributed by atoms with Crippen molar-refractivity contribution in [3.8, 4) is 11.4 Å². The molecule has 2 rings (SSSR count). The van der Waals surface area contributed by atoms with Crippen molar-refractivity contribution < 1.29 is 9.90 Å². The highest BCUT2D eigenvalue weighted by molar-refractivity contribution is 7.11. The molecular weight excluding hydrogens is 498 g/mol. The molecule has 13 heteroatoms. The Morgan fingerprint density at radius 3 is 2.00 bits per heavy atom. The zero-order valence-corrected chi connectivity index (χ0v) is 17.9. The lowest BCUT2D eigenvalue weighted by molar-refractivity contribution is -0.136. The Hall–Kier alpha value is 0.210. The molecule has 2 aromatic rings. The first-order valence-corrected chi connectivity index (χ1v) is 9.80. The van der Waals surface area contributed by atoms with Gasteiger partial charge >= 0.3 is 5.97 Å². The smallest absolute Gasteiger partial charge is 0.303 e. The molecule has 0 fully saturated rings. The minimum atomic E-state index is -1.98. The summed E-state index contributed by atoms with van der Waals surface area (Å²) < 4.78 is -3.95. The van der Waals surface area contributed by atoms with Crippen LogP contribution < -0.4 is 0 Å². The SMILES string of the molecule is O=C(O)CCc1scc(-c2nc(C(Cl)(Cl)Cl)nc(C(Cl)(Cl)Cl)n2)c1Cl. The number of carboxylic acids is 1. The van der Waals surface area contributed by atoms with Crippen molar-refractivity contribution in [1.29, 1.82) is 0 Å². The summed E-state index contributed by atoms with van der Waals surface area (Å²) in [6.07, 6.45) is 0.175. The van der Waals surface area contributed by atoms with Crippen molar-refractivity contribution in [2.24, 2.45) is 0 Å². The molecule has 0 atom stereocenters. The second-order valence-electron chi connectivity index (χ2n) is 4.58. The van der Waals surface area contributed by atoms with E-state index in [1.807, 2.05) is 0 Å². The molecule has 0 spiro atoms. The fourth-order valence-electron chi connectivity index (χ4n) is 1.67. The summed E-state index contributed by atoms with van der Waals surface area (Å²) in [5.41, 5.74) is 0.389. The fourth-order valence-corrected chi connectivity index (χ4v) is 3.53. The summed E-state index contributed by atoms with van der Waals surface area (Å²) in [6.45, 7) is 0. The number of hydrogen-bond donors (Lipinski definition) is 1. The molecule has 0 aliphatic rings. The zero-order chi connectivity index (χ0) is 19.0. The summed E-state index contributed by atoms with van der Waals surface area (Å²) in [4.78, 5) is 23.4. The standard InChI is InChI=1S/C12H6Cl7N3O2S/c13-7-4(3-25-5(7)1-2-6(23)24)8-20-9(11(14,15)16)22-10(21-8)12(17,18)19/h3H,1-2H2,(H,23,24). The molecule has 0 unspecified atom stereocenters. The van der Waals surface area contributed by atoms with Gasteiger partial charge in [-0.25, -0.2) is 15.0 Å². The van der Waals surface area contributed by atoms with Gasteiger partial charge in [-0.2, -0.15) is 0 Å². The monoisotopic (exact) mass is 501 g/mol. The maximum atomic E-state index is 10.7. The van der Waals surface area contributed by atoms with E-state index >= 15 is 0 Å². The predicted octanol–water partition coefficient (Wildman–Crippen LogP) is 5.92. The van der Waals surface area contributed by atoms with Gasteiger partial charge < -0.3 is 5.11 Å². The van der Waals surface area contributed by atoms with Crippen LogP contribution in [0.3, 0.4) is 0 Å². The lowest BCUT2D eigenvalue weighted by Gasteiger charge is -2.15. The van der Waals surface area contributed by atoms with Gasteiger partial charge in [0.15, 0.2) is 17.5 Å². The Kier molecular flexibility index (Phi) is 6.94. The highest BCUT2D eigenvalue weighted by Gasteiger charge is 2.34. The minimum Gasteiger partial charge on any atom is -0.481 e. The lowest BCUT2D eigenvalue weighted by atomic mass is 10.2. The molecule has 136 valence electrons. The van der Waals surface area contributed by atoms with Crippen molar-refractivity contribution in [3.63, 3.8) is 0 Å². The number of alkyl halides is 6. The molecule has 2 aromatic heterocycles. The Morgan fingerprint density at radius 2 is 1.56 bits per heavy atom. The number of hydrogen-bond acceptors (Lipinski definition) is 5. The normalized spacial score (nSPS) is 12.4. The quantitative estimate of drug-likeness (QED) is 0.523. The molecule has 1 N–H and O–H groups in total. The van der Waals surface area contributed by atoms with Crippen molar-refractivity contribution in [1.82, 2.24) is 15.0 Å². The Labute approximate surface area is 181 Å². The van der Waals surface area contributed by atoms with E-state index in [1.54, 1.807) is 5.38 Å². The number of thiophene rings is 1. The van der Waals surface area contributed by atoms with Crippen LogP contribution >= 0.6 is 92.5 Å². The third-order valence-corrected chi connectivity index (χ3v) is 5.35. The first-order chi connectivity index (χ1) is 11.4. The van der Waals surface area contributed by atoms with Gasteiger partial charge in [-0.3, -0.25) is 4.79 Å². The van der Waals surface area contributed by atoms with Gasteiger partial charge in [0.05, 0.1) is 11.4 Å². The molecule has 2 heterocycles. The van der Waals surface area contributed by atoms with E-state index in [0.717, 1.165) is 0 Å². The molecule has 0 saturated heterocycles. The molecule has 0 saturated carbocycles. The number of halogens is 7. The number of aromatic nitrogens is 3. The average molecular weight is 504 g/mol. The van der Waals surface area contributed by atoms with Gasteiger partial charge in [-0.15, -0.1) is 11.3 Å². The van der Waals surface area contributed by atoms with Gasteiger partial charge in [-0.1, -0.05) is 81.2 Å². The van der Waals surface area contributed by atoms with Crippen LogP contribution in [0.2, 0.25) is 5.02 Å². The van der Waals surface area contributed by atoms with E-state index in [0.29, 0.717) is 10.4 Å². The van der Waals surface area contributed by atoms with Gasteiger partial charge in [0.1, 0.15) is 0 Å². The van der Waals surface area contributed by atoms with E-state index in [9.17, 15) is 4.79 Å². The van der Waals surface area contributed by atoms with Crippen LogP contribution in [0.5, 0.6) is 0 Å². The highest BCUT2D eigenvalue weighted by Crippen LogP contribution is 2.42. The molecule has 0 aliphatic carbocycles. The predicted molar refractivity (Wildman–Crippen MR) is 103 cm³/mol. The number of rotatable bonds is 4. The average Bonchev–Trinajstić information content (AvgIpc) is 2.84. The number of carboxylic acid groups (broad SMARTS) is 1. The van der Waals surface area contributed by atoms with E-state index < -0.39 is 13.6 Å². The van der Waals surface area contributed by atoms with Crippen molar-refractivity contribution >= 4 is 98.5 Å². The number of carbonyl (C=O) groups is 1. The highest BCUT2D eigenvalue weighted by atomic mass is 35.6. The van der Waals surface area contributed by atoms with Crippen molar-refractivity contribution in [2.45, 2.75) is 20.4 Å². The minimum absolute atomic E-state index is 0.0421. The van der Waals surface area contributed by atoms with Crippen LogP contribution in [0.15, 0.2) is 5.38 Å². The first-order valence-electron chi connectivity index (χ1n) is 6.28. The topological polar surface area (TPSA) is 76.0 Å². The largest absolute Gasteiger partial charge is 0.481 e. The van der Waals surface area contributed by atoms with Crippen LogP contribution in [-0.4, -0.2) is 26.0 Å². The molecule has 0 radical (unpaired) electrons. The molecule has 25 heavy (non-hydrogen) atoms. The second kappa shape index (κ2) is 8.07. The maximum absolute atomic E-state index is 10.7. The molecular formula is C12H6Cl7N3O2S. The van der Waals surface area contributed by atoms with Crippen LogP contribution in [0, 0.1) is 0 Å². The van der Waals surface area contributed by atoms with Crippen LogP contribution in [0.1, 0.15) is 22.9 Å². The summed E-state index contributed by atoms with van der Waals surface area (Å²) in [5.74, 6) is -1.38. The van der Waals surface area contributed by atoms with Gasteiger partial charge in [0.2, 0.25) is 7.59 Å². The summed E-state index contributed by atoms with van der Waals surface area (Å²) in [7, 11) is 0. The van der Waals surface area contributed by atoms with Crippen LogP contribution in [-0.2, 0) is 18.8 Å². The summed E-state index contributed by atoms with van der Waals surface area (Å²) in [6, 6.07) is 0. The lowest BCUT2D eigenvalue weighted by Crippen LogP contribution is -2.16. The van der Waals surface area contributed by atoms with Gasteiger partial charge in [0.25, 0.3) is 0 Å². The number of aliphatic carboxylic acids is 1. The van der Waals surface area contributed by atoms with Gasteiger partial charge in [-0.05, 0) is 6.42 Å². The molecule has 0 aromatic carbocycles. The Bertz CT molecular complexity index is 769. The number of nitrogens with zero attached hydrogens (tertiary/aromatic N) is 3. The third kappa shape index (κ3) is 5.59. The van der Waals surface area contributed by atoms with E-state index in [1.165, 1.54) is 11.3 Å².